The molecule has 2 aliphatic heterocycles. The van der Waals surface area contributed by atoms with Gasteiger partial charge in [-0.3, -0.25) is 0 Å². The molecule has 44 heavy (non-hydrogen) atoms. The lowest BCUT2D eigenvalue weighted by Gasteiger charge is -2.43. The Labute approximate surface area is 264 Å². The van der Waals surface area contributed by atoms with E-state index < -0.39 is 0 Å². The van der Waals surface area contributed by atoms with Crippen LogP contribution in [-0.4, -0.2) is 67.3 Å². The summed E-state index contributed by atoms with van der Waals surface area (Å²) in [5, 5.41) is 15.9. The van der Waals surface area contributed by atoms with Gasteiger partial charge in [0.2, 0.25) is 0 Å². The average molecular weight is 614 g/mol. The fraction of sp³-hybridized carbons (Fsp3) is 0.400. The first-order valence-electron chi connectivity index (χ1n) is 15.5. The number of urea groups is 1. The zero-order valence-corrected chi connectivity index (χ0v) is 25.9. The molecule has 8 nitrogen and oxygen atoms in total. The van der Waals surface area contributed by atoms with Crippen molar-refractivity contribution in [2.45, 2.75) is 44.6 Å². The first-order chi connectivity index (χ1) is 21.4. The molecular formula is C35H40ClN5O3. The van der Waals surface area contributed by atoms with Crippen LogP contribution in [0.1, 0.15) is 49.7 Å². The Hall–Kier alpha value is -4.06. The Kier molecular flexibility index (Phi) is 10.8. The van der Waals surface area contributed by atoms with Gasteiger partial charge in [-0.05, 0) is 98.6 Å². The SMILES string of the molecule is CCOC(=O)N1CCC(N2CCC(C(CNC(=O)Nc3cccc(Cl)c3)c3ccc(-c4cccc(C#N)c4)cc3)CC2)CC1. The van der Waals surface area contributed by atoms with Crippen molar-refractivity contribution in [1.82, 2.24) is 15.1 Å². The Morgan fingerprint density at radius 2 is 1.68 bits per heavy atom. The molecule has 1 atom stereocenters. The van der Waals surface area contributed by atoms with Crippen molar-refractivity contribution < 1.29 is 14.3 Å². The molecule has 0 saturated carbocycles. The minimum Gasteiger partial charge on any atom is -0.450 e. The third-order valence-electron chi connectivity index (χ3n) is 8.88. The van der Waals surface area contributed by atoms with E-state index in [0.717, 1.165) is 63.0 Å². The third kappa shape index (κ3) is 8.10. The van der Waals surface area contributed by atoms with Crippen molar-refractivity contribution in [3.63, 3.8) is 0 Å². The van der Waals surface area contributed by atoms with Gasteiger partial charge >= 0.3 is 12.1 Å². The van der Waals surface area contributed by atoms with Crippen LogP contribution in [0.4, 0.5) is 15.3 Å². The number of likely N-dealkylation sites (tertiary alicyclic amines) is 2. The molecule has 5 rings (SSSR count). The van der Waals surface area contributed by atoms with E-state index in [1.54, 1.807) is 12.1 Å². The fourth-order valence-corrected chi connectivity index (χ4v) is 6.70. The molecule has 230 valence electrons. The number of hydrogen-bond donors (Lipinski definition) is 2. The molecule has 2 aliphatic rings. The van der Waals surface area contributed by atoms with Gasteiger partial charge in [-0.25, -0.2) is 9.59 Å². The van der Waals surface area contributed by atoms with E-state index in [0.29, 0.717) is 41.4 Å². The highest BCUT2D eigenvalue weighted by atomic mass is 35.5. The van der Waals surface area contributed by atoms with Crippen molar-refractivity contribution in [1.29, 1.82) is 5.26 Å². The number of benzene rings is 3. The lowest BCUT2D eigenvalue weighted by Crippen LogP contribution is -2.49. The van der Waals surface area contributed by atoms with E-state index in [9.17, 15) is 14.9 Å². The first-order valence-corrected chi connectivity index (χ1v) is 15.9. The van der Waals surface area contributed by atoms with Gasteiger partial charge < -0.3 is 25.2 Å². The van der Waals surface area contributed by atoms with E-state index in [4.69, 9.17) is 16.3 Å². The normalized spacial score (nSPS) is 17.0. The maximum atomic E-state index is 12.9. The zero-order chi connectivity index (χ0) is 30.9. The Bertz CT molecular complexity index is 1460. The lowest BCUT2D eigenvalue weighted by atomic mass is 9.79. The second-order valence-electron chi connectivity index (χ2n) is 11.6. The first kappa shape index (κ1) is 31.4. The van der Waals surface area contributed by atoms with Gasteiger partial charge in [0.05, 0.1) is 18.2 Å². The minimum atomic E-state index is -0.256. The average Bonchev–Trinajstić information content (AvgIpc) is 3.05. The van der Waals surface area contributed by atoms with E-state index in [2.05, 4.69) is 45.9 Å². The summed E-state index contributed by atoms with van der Waals surface area (Å²) in [6.45, 7) is 6.23. The smallest absolute Gasteiger partial charge is 0.409 e. The van der Waals surface area contributed by atoms with Crippen molar-refractivity contribution in [2.75, 3.05) is 44.6 Å². The number of halogens is 1. The molecule has 0 bridgehead atoms. The number of rotatable bonds is 8. The lowest BCUT2D eigenvalue weighted by molar-refractivity contribution is 0.0588. The Morgan fingerprint density at radius 3 is 2.36 bits per heavy atom. The third-order valence-corrected chi connectivity index (χ3v) is 9.11. The molecule has 0 aliphatic carbocycles. The van der Waals surface area contributed by atoms with Crippen LogP contribution in [0.25, 0.3) is 11.1 Å². The second-order valence-corrected chi connectivity index (χ2v) is 12.0. The number of hydrogen-bond acceptors (Lipinski definition) is 5. The molecule has 0 spiro atoms. The Morgan fingerprint density at radius 1 is 0.955 bits per heavy atom. The topological polar surface area (TPSA) is 97.7 Å². The van der Waals surface area contributed by atoms with Crippen LogP contribution in [-0.2, 0) is 4.74 Å². The van der Waals surface area contributed by atoms with Crippen LogP contribution in [0.5, 0.6) is 0 Å². The summed E-state index contributed by atoms with van der Waals surface area (Å²) >= 11 is 6.10. The summed E-state index contributed by atoms with van der Waals surface area (Å²) in [4.78, 5) is 29.4. The molecule has 0 aromatic heterocycles. The quantitative estimate of drug-likeness (QED) is 0.282. The predicted molar refractivity (Wildman–Crippen MR) is 174 cm³/mol. The molecule has 3 amide bonds. The van der Waals surface area contributed by atoms with Gasteiger partial charge in [0.25, 0.3) is 0 Å². The molecule has 0 radical (unpaired) electrons. The maximum Gasteiger partial charge on any atom is 0.409 e. The van der Waals surface area contributed by atoms with Gasteiger partial charge in [0, 0.05) is 42.3 Å². The van der Waals surface area contributed by atoms with Gasteiger partial charge in [-0.1, -0.05) is 54.1 Å². The number of anilines is 1. The summed E-state index contributed by atoms with van der Waals surface area (Å²) in [6, 6.07) is 25.7. The highest BCUT2D eigenvalue weighted by Crippen LogP contribution is 2.35. The van der Waals surface area contributed by atoms with Crippen LogP contribution < -0.4 is 10.6 Å². The zero-order valence-electron chi connectivity index (χ0n) is 25.2. The molecule has 3 aromatic carbocycles. The largest absolute Gasteiger partial charge is 0.450 e. The van der Waals surface area contributed by atoms with Crippen LogP contribution in [0, 0.1) is 17.2 Å². The van der Waals surface area contributed by atoms with Crippen LogP contribution in [0.3, 0.4) is 0 Å². The van der Waals surface area contributed by atoms with E-state index in [1.807, 2.05) is 48.2 Å². The second kappa shape index (κ2) is 15.1. The van der Waals surface area contributed by atoms with E-state index >= 15 is 0 Å². The van der Waals surface area contributed by atoms with Gasteiger partial charge in [0.15, 0.2) is 0 Å². The number of amides is 3. The highest BCUT2D eigenvalue weighted by molar-refractivity contribution is 6.30. The van der Waals surface area contributed by atoms with Gasteiger partial charge in [0.1, 0.15) is 0 Å². The van der Waals surface area contributed by atoms with Gasteiger partial charge in [-0.15, -0.1) is 0 Å². The Balaban J connectivity index is 1.24. The fourth-order valence-electron chi connectivity index (χ4n) is 6.51. The molecule has 9 heteroatoms. The number of nitrogens with one attached hydrogen (secondary N) is 2. The van der Waals surface area contributed by atoms with Crippen molar-refractivity contribution in [3.05, 3.63) is 88.9 Å². The number of nitriles is 1. The monoisotopic (exact) mass is 613 g/mol. The van der Waals surface area contributed by atoms with Crippen LogP contribution >= 0.6 is 11.6 Å². The maximum absolute atomic E-state index is 12.9. The van der Waals surface area contributed by atoms with Crippen molar-refractivity contribution in [2.24, 2.45) is 5.92 Å². The summed E-state index contributed by atoms with van der Waals surface area (Å²) in [7, 11) is 0. The van der Waals surface area contributed by atoms with Crippen molar-refractivity contribution in [3.8, 4) is 17.2 Å². The van der Waals surface area contributed by atoms with E-state index in [1.165, 1.54) is 5.56 Å². The molecule has 2 N–H and O–H groups in total. The number of piperidine rings is 2. The molecule has 2 saturated heterocycles. The number of ether oxygens (including phenoxy) is 1. The molecule has 2 heterocycles. The van der Waals surface area contributed by atoms with Crippen LogP contribution in [0.2, 0.25) is 5.02 Å². The molecule has 3 aromatic rings. The highest BCUT2D eigenvalue weighted by Gasteiger charge is 2.33. The summed E-state index contributed by atoms with van der Waals surface area (Å²) in [6.07, 6.45) is 3.79. The summed E-state index contributed by atoms with van der Waals surface area (Å²) < 4.78 is 5.19. The number of nitrogens with zero attached hydrogens (tertiary/aromatic N) is 3. The summed E-state index contributed by atoms with van der Waals surface area (Å²) in [5.74, 6) is 0.553. The predicted octanol–water partition coefficient (Wildman–Crippen LogP) is 7.12. The van der Waals surface area contributed by atoms with Crippen molar-refractivity contribution >= 4 is 29.4 Å². The van der Waals surface area contributed by atoms with Gasteiger partial charge in [-0.2, -0.15) is 5.26 Å². The van der Waals surface area contributed by atoms with Crippen LogP contribution in [0.15, 0.2) is 72.8 Å². The summed E-state index contributed by atoms with van der Waals surface area (Å²) in [5.41, 5.74) is 4.54. The molecular weight excluding hydrogens is 574 g/mol. The number of carbonyl (C=O) groups is 2. The molecule has 2 fully saturated rings. The van der Waals surface area contributed by atoms with E-state index in [-0.39, 0.29) is 18.0 Å². The minimum absolute atomic E-state index is 0.146. The molecule has 1 unspecified atom stereocenters. The standard InChI is InChI=1S/C35H40ClN5O3/c1-2-44-35(43)41-19-15-32(16-20-41)40-17-13-28(14-18-40)33(24-38-34(42)39-31-8-4-7-30(36)22-31)27-11-9-26(10-12-27)29-6-3-5-25(21-29)23-37/h3-12,21-22,28,32-33H,2,13-20,24H2,1H3,(H2,38,39,42). The number of carbonyl (C=O) groups excluding carboxylic acids is 2.